The van der Waals surface area contributed by atoms with Gasteiger partial charge in [-0.05, 0) is 12.8 Å². The van der Waals surface area contributed by atoms with E-state index in [1.807, 2.05) is 0 Å². The van der Waals surface area contributed by atoms with E-state index in [1.54, 1.807) is 0 Å². The van der Waals surface area contributed by atoms with Gasteiger partial charge in [-0.3, -0.25) is 9.59 Å². The van der Waals surface area contributed by atoms with Crippen LogP contribution in [-0.2, 0) is 9.59 Å². The molecule has 1 aliphatic rings. The van der Waals surface area contributed by atoms with E-state index in [-0.39, 0.29) is 11.8 Å². The van der Waals surface area contributed by atoms with Gasteiger partial charge in [-0.15, -0.1) is 0 Å². The Morgan fingerprint density at radius 2 is 2.15 bits per heavy atom. The Morgan fingerprint density at radius 3 is 2.69 bits per heavy atom. The van der Waals surface area contributed by atoms with Gasteiger partial charge in [0.15, 0.2) is 0 Å². The minimum atomic E-state index is -0.326. The van der Waals surface area contributed by atoms with E-state index < -0.39 is 0 Å². The summed E-state index contributed by atoms with van der Waals surface area (Å²) >= 11 is 1.40. The van der Waals surface area contributed by atoms with E-state index in [4.69, 9.17) is 5.73 Å². The molecule has 1 aliphatic carbocycles. The lowest BCUT2D eigenvalue weighted by atomic mass is 10.4. The summed E-state index contributed by atoms with van der Waals surface area (Å²) in [6.07, 6.45) is 2.70. The van der Waals surface area contributed by atoms with Crippen molar-refractivity contribution < 1.29 is 9.59 Å². The molecule has 0 aromatic carbocycles. The maximum absolute atomic E-state index is 11.1. The second-order valence-corrected chi connectivity index (χ2v) is 4.22. The van der Waals surface area contributed by atoms with E-state index in [9.17, 15) is 9.59 Å². The van der Waals surface area contributed by atoms with Crippen LogP contribution in [0.3, 0.4) is 0 Å². The molecule has 1 saturated carbocycles. The van der Waals surface area contributed by atoms with E-state index in [2.05, 4.69) is 5.32 Å². The molecular formula is C8H14N2O2S. The predicted octanol–water partition coefficient (Wildman–Crippen LogP) is -0.126. The van der Waals surface area contributed by atoms with Gasteiger partial charge in [-0.25, -0.2) is 0 Å². The molecule has 0 aromatic rings. The molecule has 2 amide bonds. The fraction of sp³-hybridized carbons (Fsp3) is 0.750. The van der Waals surface area contributed by atoms with Crippen molar-refractivity contribution in [2.24, 2.45) is 5.73 Å². The zero-order chi connectivity index (χ0) is 9.68. The third kappa shape index (κ3) is 5.52. The number of nitrogens with one attached hydrogen (secondary N) is 1. The summed E-state index contributed by atoms with van der Waals surface area (Å²) in [5.74, 6) is 0.727. The predicted molar refractivity (Wildman–Crippen MR) is 52.3 cm³/mol. The Kier molecular flexibility index (Phi) is 4.08. The highest BCUT2D eigenvalue weighted by Gasteiger charge is 2.22. The minimum Gasteiger partial charge on any atom is -0.369 e. The molecule has 0 atom stereocenters. The van der Waals surface area contributed by atoms with Crippen molar-refractivity contribution >= 4 is 23.6 Å². The van der Waals surface area contributed by atoms with E-state index in [0.717, 1.165) is 12.8 Å². The number of carbonyl (C=O) groups excluding carboxylic acids is 2. The van der Waals surface area contributed by atoms with Gasteiger partial charge in [0, 0.05) is 18.2 Å². The summed E-state index contributed by atoms with van der Waals surface area (Å²) in [6, 6.07) is 0.425. The molecule has 0 radical (unpaired) electrons. The average molecular weight is 202 g/mol. The second kappa shape index (κ2) is 5.11. The third-order valence-electron chi connectivity index (χ3n) is 1.66. The Hall–Kier alpha value is -0.710. The van der Waals surface area contributed by atoms with Crippen molar-refractivity contribution in [2.75, 3.05) is 11.5 Å². The molecule has 13 heavy (non-hydrogen) atoms. The van der Waals surface area contributed by atoms with Crippen LogP contribution in [0.1, 0.15) is 19.3 Å². The zero-order valence-electron chi connectivity index (χ0n) is 7.41. The van der Waals surface area contributed by atoms with Crippen molar-refractivity contribution in [3.05, 3.63) is 0 Å². The molecule has 0 unspecified atom stereocenters. The summed E-state index contributed by atoms with van der Waals surface area (Å²) in [4.78, 5) is 21.4. The lowest BCUT2D eigenvalue weighted by Gasteiger charge is -2.01. The van der Waals surface area contributed by atoms with Crippen LogP contribution in [0, 0.1) is 0 Å². The Bertz CT molecular complexity index is 204. The number of hydrogen-bond donors (Lipinski definition) is 2. The van der Waals surface area contributed by atoms with Gasteiger partial charge in [0.2, 0.25) is 11.8 Å². The van der Waals surface area contributed by atoms with Gasteiger partial charge in [-0.1, -0.05) is 0 Å². The van der Waals surface area contributed by atoms with Crippen molar-refractivity contribution in [3.8, 4) is 0 Å². The number of carbonyl (C=O) groups is 2. The van der Waals surface area contributed by atoms with Gasteiger partial charge < -0.3 is 11.1 Å². The van der Waals surface area contributed by atoms with Gasteiger partial charge in [0.1, 0.15) is 0 Å². The lowest BCUT2D eigenvalue weighted by molar-refractivity contribution is -0.121. The zero-order valence-corrected chi connectivity index (χ0v) is 8.23. The summed E-state index contributed by atoms with van der Waals surface area (Å²) in [6.45, 7) is 0. The van der Waals surface area contributed by atoms with Gasteiger partial charge in [0.05, 0.1) is 5.75 Å². The number of primary amides is 1. The van der Waals surface area contributed by atoms with Gasteiger partial charge in [-0.2, -0.15) is 11.8 Å². The minimum absolute atomic E-state index is 0.0828. The smallest absolute Gasteiger partial charge is 0.227 e. The average Bonchev–Trinajstić information content (AvgIpc) is 2.81. The van der Waals surface area contributed by atoms with E-state index >= 15 is 0 Å². The molecule has 0 spiro atoms. The van der Waals surface area contributed by atoms with Crippen LogP contribution in [0.4, 0.5) is 0 Å². The monoisotopic (exact) mass is 202 g/mol. The van der Waals surface area contributed by atoms with E-state index in [1.165, 1.54) is 11.8 Å². The fourth-order valence-corrected chi connectivity index (χ4v) is 1.54. The highest BCUT2D eigenvalue weighted by Crippen LogP contribution is 2.18. The topological polar surface area (TPSA) is 72.2 Å². The molecule has 0 aromatic heterocycles. The van der Waals surface area contributed by atoms with Crippen LogP contribution in [0.15, 0.2) is 0 Å². The van der Waals surface area contributed by atoms with Gasteiger partial charge in [0.25, 0.3) is 0 Å². The molecular weight excluding hydrogens is 188 g/mol. The maximum Gasteiger partial charge on any atom is 0.227 e. The summed E-state index contributed by atoms with van der Waals surface area (Å²) < 4.78 is 0. The molecule has 1 rings (SSSR count). The molecule has 1 fully saturated rings. The summed E-state index contributed by atoms with van der Waals surface area (Å²) in [5, 5.41) is 2.87. The van der Waals surface area contributed by atoms with Crippen LogP contribution in [0.2, 0.25) is 0 Å². The standard InChI is InChI=1S/C8H14N2O2S/c9-7(11)5-13-4-3-8(12)10-6-1-2-6/h6H,1-5H2,(H2,9,11)(H,10,12). The van der Waals surface area contributed by atoms with Crippen LogP contribution in [-0.4, -0.2) is 29.4 Å². The van der Waals surface area contributed by atoms with Crippen molar-refractivity contribution in [1.82, 2.24) is 5.32 Å². The lowest BCUT2D eigenvalue weighted by Crippen LogP contribution is -2.25. The Balaban J connectivity index is 1.91. The van der Waals surface area contributed by atoms with Crippen LogP contribution >= 0.6 is 11.8 Å². The Labute approximate surface area is 81.6 Å². The largest absolute Gasteiger partial charge is 0.369 e. The molecule has 5 heteroatoms. The molecule has 0 heterocycles. The van der Waals surface area contributed by atoms with E-state index in [0.29, 0.717) is 24.0 Å². The van der Waals surface area contributed by atoms with Crippen molar-refractivity contribution in [3.63, 3.8) is 0 Å². The second-order valence-electron chi connectivity index (χ2n) is 3.11. The maximum atomic E-state index is 11.1. The molecule has 0 bridgehead atoms. The first kappa shape index (κ1) is 10.4. The highest BCUT2D eigenvalue weighted by atomic mass is 32.2. The quantitative estimate of drug-likeness (QED) is 0.589. The summed E-state index contributed by atoms with van der Waals surface area (Å²) in [7, 11) is 0. The molecule has 74 valence electrons. The number of nitrogens with two attached hydrogens (primary N) is 1. The van der Waals surface area contributed by atoms with Crippen LogP contribution < -0.4 is 11.1 Å². The first-order chi connectivity index (χ1) is 6.18. The Morgan fingerprint density at radius 1 is 1.46 bits per heavy atom. The molecule has 4 nitrogen and oxygen atoms in total. The first-order valence-corrected chi connectivity index (χ1v) is 5.49. The molecule has 0 saturated heterocycles. The first-order valence-electron chi connectivity index (χ1n) is 4.34. The number of rotatable bonds is 6. The highest BCUT2D eigenvalue weighted by molar-refractivity contribution is 7.99. The normalized spacial score (nSPS) is 15.4. The van der Waals surface area contributed by atoms with Crippen molar-refractivity contribution in [1.29, 1.82) is 0 Å². The number of thioether (sulfide) groups is 1. The molecule has 0 aliphatic heterocycles. The fourth-order valence-electron chi connectivity index (χ4n) is 0.865. The summed E-state index contributed by atoms with van der Waals surface area (Å²) in [5.41, 5.74) is 4.94. The van der Waals surface area contributed by atoms with Crippen LogP contribution in [0.25, 0.3) is 0 Å². The molecule has 3 N–H and O–H groups in total. The third-order valence-corrected chi connectivity index (χ3v) is 2.64. The number of amides is 2. The van der Waals surface area contributed by atoms with Gasteiger partial charge >= 0.3 is 0 Å². The van der Waals surface area contributed by atoms with Crippen molar-refractivity contribution in [2.45, 2.75) is 25.3 Å². The van der Waals surface area contributed by atoms with Crippen LogP contribution in [0.5, 0.6) is 0 Å². The number of hydrogen-bond acceptors (Lipinski definition) is 3. The SMILES string of the molecule is NC(=O)CSCCC(=O)NC1CC1.